The van der Waals surface area contributed by atoms with Crippen LogP contribution >= 0.6 is 0 Å². The molecule has 6 heteroatoms. The highest BCUT2D eigenvalue weighted by Crippen LogP contribution is 2.29. The second kappa shape index (κ2) is 11.1. The van der Waals surface area contributed by atoms with Gasteiger partial charge in [0, 0.05) is 44.1 Å². The standard InChI is InChI=1S/C29H36FN3O2/c1-20-16-28(21(2)22(3)29(20)31)35-19-27(34)18-32-12-14-33(15-13-32)26-10-6-24(7-11-26)17-23-4-8-25(30)9-5-23/h4-11,16,27,34H,12-15,17-19,31H2,1-3H3/t27-/m1/s1. The van der Waals surface area contributed by atoms with E-state index in [1.54, 1.807) is 0 Å². The Bertz CT molecular complexity index is 1120. The van der Waals surface area contributed by atoms with Gasteiger partial charge in [0.2, 0.25) is 0 Å². The van der Waals surface area contributed by atoms with Gasteiger partial charge in [-0.3, -0.25) is 4.90 Å². The van der Waals surface area contributed by atoms with Crippen molar-refractivity contribution < 1.29 is 14.2 Å². The first-order valence-electron chi connectivity index (χ1n) is 12.3. The third-order valence-electron chi connectivity index (χ3n) is 7.00. The van der Waals surface area contributed by atoms with Gasteiger partial charge < -0.3 is 20.5 Å². The Labute approximate surface area is 207 Å². The van der Waals surface area contributed by atoms with E-state index in [0.29, 0.717) is 6.54 Å². The Kier molecular flexibility index (Phi) is 7.93. The molecular weight excluding hydrogens is 441 g/mol. The normalized spacial score (nSPS) is 15.3. The van der Waals surface area contributed by atoms with Crippen LogP contribution < -0.4 is 15.4 Å². The van der Waals surface area contributed by atoms with Crippen molar-refractivity contribution in [2.45, 2.75) is 33.3 Å². The molecule has 5 nitrogen and oxygen atoms in total. The van der Waals surface area contributed by atoms with E-state index in [4.69, 9.17) is 10.5 Å². The third-order valence-corrected chi connectivity index (χ3v) is 7.00. The summed E-state index contributed by atoms with van der Waals surface area (Å²) < 4.78 is 19.1. The zero-order valence-electron chi connectivity index (χ0n) is 20.9. The molecule has 0 unspecified atom stereocenters. The average Bonchev–Trinajstić information content (AvgIpc) is 2.86. The molecule has 0 aromatic heterocycles. The van der Waals surface area contributed by atoms with Crippen LogP contribution in [0.3, 0.4) is 0 Å². The molecule has 0 amide bonds. The van der Waals surface area contributed by atoms with Crippen molar-refractivity contribution in [3.05, 3.63) is 88.2 Å². The van der Waals surface area contributed by atoms with Gasteiger partial charge in [0.15, 0.2) is 0 Å². The fraction of sp³-hybridized carbons (Fsp3) is 0.379. The Hall–Kier alpha value is -3.09. The SMILES string of the molecule is Cc1cc(OC[C@H](O)CN2CCN(c3ccc(Cc4ccc(F)cc4)cc3)CC2)c(C)c(C)c1N. The molecule has 0 saturated carbocycles. The topological polar surface area (TPSA) is 62.0 Å². The van der Waals surface area contributed by atoms with Crippen LogP contribution in [0.15, 0.2) is 54.6 Å². The molecule has 0 bridgehead atoms. The first kappa shape index (κ1) is 25.0. The monoisotopic (exact) mass is 477 g/mol. The quantitative estimate of drug-likeness (QED) is 0.468. The van der Waals surface area contributed by atoms with Crippen molar-refractivity contribution >= 4 is 11.4 Å². The van der Waals surface area contributed by atoms with E-state index in [2.05, 4.69) is 34.1 Å². The van der Waals surface area contributed by atoms with Gasteiger partial charge in [0.05, 0.1) is 0 Å². The number of hydrogen-bond acceptors (Lipinski definition) is 5. The summed E-state index contributed by atoms with van der Waals surface area (Å²) in [4.78, 5) is 4.67. The number of β-amino-alcohol motifs (C(OH)–C–C–N with tert-alkyl or cyclic N) is 1. The van der Waals surface area contributed by atoms with Gasteiger partial charge in [-0.2, -0.15) is 0 Å². The maximum Gasteiger partial charge on any atom is 0.123 e. The van der Waals surface area contributed by atoms with Crippen molar-refractivity contribution in [2.24, 2.45) is 0 Å². The summed E-state index contributed by atoms with van der Waals surface area (Å²) in [5.41, 5.74) is 13.5. The van der Waals surface area contributed by atoms with Crippen LogP contribution in [-0.4, -0.2) is 55.4 Å². The van der Waals surface area contributed by atoms with Crippen LogP contribution in [-0.2, 0) is 6.42 Å². The molecule has 1 atom stereocenters. The van der Waals surface area contributed by atoms with E-state index in [1.165, 1.54) is 23.4 Å². The number of nitrogens with zero attached hydrogens (tertiary/aromatic N) is 2. The van der Waals surface area contributed by atoms with Crippen molar-refractivity contribution in [3.63, 3.8) is 0 Å². The number of aliphatic hydroxyl groups is 1. The van der Waals surface area contributed by atoms with Crippen LogP contribution in [0.5, 0.6) is 5.75 Å². The van der Waals surface area contributed by atoms with Crippen molar-refractivity contribution in [1.29, 1.82) is 0 Å². The minimum absolute atomic E-state index is 0.203. The minimum atomic E-state index is -0.551. The number of halogens is 1. The number of ether oxygens (including phenoxy) is 1. The first-order valence-corrected chi connectivity index (χ1v) is 12.3. The van der Waals surface area contributed by atoms with Crippen LogP contribution in [0, 0.1) is 26.6 Å². The zero-order valence-corrected chi connectivity index (χ0v) is 20.9. The van der Waals surface area contributed by atoms with Gasteiger partial charge in [-0.05, 0) is 85.3 Å². The summed E-state index contributed by atoms with van der Waals surface area (Å²) in [7, 11) is 0. The highest BCUT2D eigenvalue weighted by molar-refractivity contribution is 5.60. The molecule has 1 heterocycles. The highest BCUT2D eigenvalue weighted by atomic mass is 19.1. The molecule has 186 valence electrons. The van der Waals surface area contributed by atoms with E-state index in [-0.39, 0.29) is 12.4 Å². The summed E-state index contributed by atoms with van der Waals surface area (Å²) in [6.07, 6.45) is 0.244. The lowest BCUT2D eigenvalue weighted by Crippen LogP contribution is -2.49. The number of piperazine rings is 1. The van der Waals surface area contributed by atoms with Gasteiger partial charge in [-0.25, -0.2) is 4.39 Å². The number of nitrogens with two attached hydrogens (primary N) is 1. The van der Waals surface area contributed by atoms with Crippen LogP contribution in [0.2, 0.25) is 0 Å². The lowest BCUT2D eigenvalue weighted by Gasteiger charge is -2.37. The second-order valence-corrected chi connectivity index (χ2v) is 9.58. The number of hydrogen-bond donors (Lipinski definition) is 2. The van der Waals surface area contributed by atoms with E-state index in [9.17, 15) is 9.50 Å². The zero-order chi connectivity index (χ0) is 24.9. The van der Waals surface area contributed by atoms with Crippen LogP contribution in [0.25, 0.3) is 0 Å². The fourth-order valence-corrected chi connectivity index (χ4v) is 4.60. The van der Waals surface area contributed by atoms with Gasteiger partial charge in [-0.15, -0.1) is 0 Å². The Morgan fingerprint density at radius 1 is 0.914 bits per heavy atom. The molecule has 1 saturated heterocycles. The van der Waals surface area contributed by atoms with Gasteiger partial charge in [0.25, 0.3) is 0 Å². The first-order chi connectivity index (χ1) is 16.8. The van der Waals surface area contributed by atoms with Crippen LogP contribution in [0.1, 0.15) is 27.8 Å². The number of nitrogen functional groups attached to an aromatic ring is 1. The molecule has 1 aliphatic heterocycles. The lowest BCUT2D eigenvalue weighted by molar-refractivity contribution is 0.0660. The molecule has 1 fully saturated rings. The maximum absolute atomic E-state index is 13.1. The lowest BCUT2D eigenvalue weighted by atomic mass is 10.0. The van der Waals surface area contributed by atoms with Gasteiger partial charge >= 0.3 is 0 Å². The Morgan fingerprint density at radius 3 is 2.14 bits per heavy atom. The smallest absolute Gasteiger partial charge is 0.123 e. The molecule has 0 spiro atoms. The molecule has 1 aliphatic rings. The highest BCUT2D eigenvalue weighted by Gasteiger charge is 2.20. The predicted molar refractivity (Wildman–Crippen MR) is 141 cm³/mol. The van der Waals surface area contributed by atoms with Gasteiger partial charge in [0.1, 0.15) is 24.3 Å². The number of aryl methyl sites for hydroxylation is 1. The molecule has 35 heavy (non-hydrogen) atoms. The molecule has 3 aromatic rings. The van der Waals surface area contributed by atoms with Crippen molar-refractivity contribution in [3.8, 4) is 5.75 Å². The second-order valence-electron chi connectivity index (χ2n) is 9.58. The molecular formula is C29H36FN3O2. The summed E-state index contributed by atoms with van der Waals surface area (Å²) in [5, 5.41) is 10.6. The summed E-state index contributed by atoms with van der Waals surface area (Å²) >= 11 is 0. The summed E-state index contributed by atoms with van der Waals surface area (Å²) in [6.45, 7) is 10.5. The molecule has 0 radical (unpaired) electrons. The molecule has 0 aliphatic carbocycles. The summed E-state index contributed by atoms with van der Waals surface area (Å²) in [6, 6.07) is 17.3. The third kappa shape index (κ3) is 6.32. The fourth-order valence-electron chi connectivity index (χ4n) is 4.60. The minimum Gasteiger partial charge on any atom is -0.491 e. The number of benzene rings is 3. The largest absolute Gasteiger partial charge is 0.491 e. The van der Waals surface area contributed by atoms with E-state index < -0.39 is 6.10 Å². The van der Waals surface area contributed by atoms with Crippen molar-refractivity contribution in [1.82, 2.24) is 4.90 Å². The molecule has 4 rings (SSSR count). The van der Waals surface area contributed by atoms with E-state index in [1.807, 2.05) is 39.0 Å². The predicted octanol–water partition coefficient (Wildman–Crippen LogP) is 4.49. The number of aliphatic hydroxyl groups excluding tert-OH is 1. The van der Waals surface area contributed by atoms with Gasteiger partial charge in [-0.1, -0.05) is 24.3 Å². The summed E-state index contributed by atoms with van der Waals surface area (Å²) in [5.74, 6) is 0.589. The van der Waals surface area contributed by atoms with E-state index in [0.717, 1.165) is 66.3 Å². The van der Waals surface area contributed by atoms with E-state index >= 15 is 0 Å². The number of anilines is 2. The Balaban J connectivity index is 1.23. The molecule has 3 aromatic carbocycles. The van der Waals surface area contributed by atoms with Crippen molar-refractivity contribution in [2.75, 3.05) is 50.0 Å². The molecule has 3 N–H and O–H groups in total. The maximum atomic E-state index is 13.1. The average molecular weight is 478 g/mol. The Morgan fingerprint density at radius 2 is 1.51 bits per heavy atom. The number of rotatable bonds is 8. The van der Waals surface area contributed by atoms with Crippen LogP contribution in [0.4, 0.5) is 15.8 Å².